The van der Waals surface area contributed by atoms with Crippen molar-refractivity contribution < 1.29 is 18.0 Å². The van der Waals surface area contributed by atoms with Crippen molar-refractivity contribution in [1.29, 1.82) is 5.26 Å². The third-order valence-electron chi connectivity index (χ3n) is 6.85. The van der Waals surface area contributed by atoms with Crippen molar-refractivity contribution in [3.8, 4) is 6.07 Å². The topological polar surface area (TPSA) is 109 Å². The van der Waals surface area contributed by atoms with Crippen molar-refractivity contribution in [1.82, 2.24) is 25.0 Å². The number of nitriles is 1. The Morgan fingerprint density at radius 2 is 2.03 bits per heavy atom. The lowest BCUT2D eigenvalue weighted by Gasteiger charge is -2.38. The number of aromatic nitrogens is 3. The fourth-order valence-corrected chi connectivity index (χ4v) is 4.78. The van der Waals surface area contributed by atoms with Gasteiger partial charge in [-0.3, -0.25) is 14.5 Å². The van der Waals surface area contributed by atoms with Gasteiger partial charge in [0.15, 0.2) is 0 Å². The van der Waals surface area contributed by atoms with E-state index in [4.69, 9.17) is 5.26 Å². The number of halogens is 3. The molecule has 4 rings (SSSR count). The van der Waals surface area contributed by atoms with Crippen molar-refractivity contribution in [3.63, 3.8) is 0 Å². The van der Waals surface area contributed by atoms with Crippen LogP contribution in [0.5, 0.6) is 0 Å². The number of amides is 1. The number of likely N-dealkylation sites (N-methyl/N-ethyl adjacent to an activating group) is 1. The number of H-pyrrole nitrogens is 1. The zero-order valence-corrected chi connectivity index (χ0v) is 19.5. The van der Waals surface area contributed by atoms with Crippen LogP contribution in [0.2, 0.25) is 0 Å². The van der Waals surface area contributed by atoms with E-state index in [1.807, 2.05) is 16.1 Å². The number of rotatable bonds is 5. The molecule has 1 amide bonds. The molecular formula is C23H26F3N7O2. The van der Waals surface area contributed by atoms with E-state index >= 15 is 0 Å². The number of fused-ring (bicyclic) bond motifs is 1. The maximum absolute atomic E-state index is 13.4. The van der Waals surface area contributed by atoms with Crippen LogP contribution in [0, 0.1) is 11.3 Å². The van der Waals surface area contributed by atoms with Gasteiger partial charge >= 0.3 is 6.18 Å². The smallest absolute Gasteiger partial charge is 0.353 e. The van der Waals surface area contributed by atoms with Gasteiger partial charge in [-0.25, -0.2) is 10.1 Å². The SMILES string of the molecule is C[C@H](C(=O)N1CCN(c2ccc(C#N)cn2)CC1)N(C)C[C@@H]1CCc2c1n[nH]c(=O)c2C(F)(F)F. The first-order valence-electron chi connectivity index (χ1n) is 11.4. The van der Waals surface area contributed by atoms with Crippen LogP contribution in [-0.2, 0) is 17.4 Å². The lowest BCUT2D eigenvalue weighted by Crippen LogP contribution is -2.54. The molecule has 35 heavy (non-hydrogen) atoms. The molecule has 186 valence electrons. The molecule has 0 saturated carbocycles. The van der Waals surface area contributed by atoms with Gasteiger partial charge < -0.3 is 9.80 Å². The Kier molecular flexibility index (Phi) is 6.80. The van der Waals surface area contributed by atoms with Gasteiger partial charge in [-0.2, -0.15) is 23.5 Å². The second-order valence-electron chi connectivity index (χ2n) is 8.97. The van der Waals surface area contributed by atoms with Crippen LogP contribution < -0.4 is 10.5 Å². The Labute approximate surface area is 200 Å². The zero-order chi connectivity index (χ0) is 25.3. The Hall–Kier alpha value is -3.46. The lowest BCUT2D eigenvalue weighted by molar-refractivity contribution is -0.139. The number of aromatic amines is 1. The molecule has 1 fully saturated rings. The summed E-state index contributed by atoms with van der Waals surface area (Å²) in [5.74, 6) is 0.399. The molecule has 9 nitrogen and oxygen atoms in total. The number of carbonyl (C=O) groups is 1. The highest BCUT2D eigenvalue weighted by Gasteiger charge is 2.41. The summed E-state index contributed by atoms with van der Waals surface area (Å²) in [4.78, 5) is 34.8. The van der Waals surface area contributed by atoms with E-state index in [9.17, 15) is 22.8 Å². The van der Waals surface area contributed by atoms with Gasteiger partial charge in [-0.05, 0) is 44.5 Å². The number of hydrogen-bond acceptors (Lipinski definition) is 7. The van der Waals surface area contributed by atoms with Crippen LogP contribution in [0.1, 0.15) is 41.6 Å². The highest BCUT2D eigenvalue weighted by Crippen LogP contribution is 2.38. The highest BCUT2D eigenvalue weighted by molar-refractivity contribution is 5.81. The minimum atomic E-state index is -4.74. The third-order valence-corrected chi connectivity index (χ3v) is 6.85. The molecule has 2 aliphatic rings. The highest BCUT2D eigenvalue weighted by atomic mass is 19.4. The molecule has 1 aliphatic heterocycles. The monoisotopic (exact) mass is 489 g/mol. The number of nitrogens with zero attached hydrogens (tertiary/aromatic N) is 6. The Balaban J connectivity index is 1.36. The van der Waals surface area contributed by atoms with Gasteiger partial charge in [0.2, 0.25) is 5.91 Å². The maximum Gasteiger partial charge on any atom is 0.422 e. The van der Waals surface area contributed by atoms with Crippen LogP contribution in [0.25, 0.3) is 0 Å². The maximum atomic E-state index is 13.4. The van der Waals surface area contributed by atoms with E-state index in [1.165, 1.54) is 6.20 Å². The van der Waals surface area contributed by atoms with Crippen LogP contribution in [0.3, 0.4) is 0 Å². The predicted octanol–water partition coefficient (Wildman–Crippen LogP) is 1.75. The second kappa shape index (κ2) is 9.65. The molecule has 1 saturated heterocycles. The first kappa shape index (κ1) is 24.7. The van der Waals surface area contributed by atoms with E-state index in [0.29, 0.717) is 44.7 Å². The summed E-state index contributed by atoms with van der Waals surface area (Å²) in [5, 5.41) is 14.8. The van der Waals surface area contributed by atoms with Crippen molar-refractivity contribution in [2.75, 3.05) is 44.7 Å². The first-order chi connectivity index (χ1) is 16.6. The molecule has 0 aromatic carbocycles. The van der Waals surface area contributed by atoms with Crippen molar-refractivity contribution in [3.05, 3.63) is 51.1 Å². The van der Waals surface area contributed by atoms with Gasteiger partial charge in [-0.1, -0.05) is 0 Å². The number of hydrogen-bond donors (Lipinski definition) is 1. The number of carbonyl (C=O) groups excluding carboxylic acids is 1. The number of piperazine rings is 1. The molecule has 2 atom stereocenters. The average molecular weight is 490 g/mol. The lowest BCUT2D eigenvalue weighted by atomic mass is 10.0. The number of anilines is 1. The van der Waals surface area contributed by atoms with Crippen molar-refractivity contribution in [2.24, 2.45) is 0 Å². The quantitative estimate of drug-likeness (QED) is 0.682. The van der Waals surface area contributed by atoms with Gasteiger partial charge in [0, 0.05) is 44.8 Å². The molecule has 0 unspecified atom stereocenters. The second-order valence-corrected chi connectivity index (χ2v) is 8.97. The molecule has 2 aromatic rings. The van der Waals surface area contributed by atoms with Crippen LogP contribution in [0.15, 0.2) is 23.1 Å². The minimum Gasteiger partial charge on any atom is -0.353 e. The molecule has 1 N–H and O–H groups in total. The van der Waals surface area contributed by atoms with E-state index in [2.05, 4.69) is 15.0 Å². The van der Waals surface area contributed by atoms with E-state index in [1.54, 1.807) is 31.0 Å². The predicted molar refractivity (Wildman–Crippen MR) is 121 cm³/mol. The Bertz CT molecular complexity index is 1180. The van der Waals surface area contributed by atoms with Crippen molar-refractivity contribution in [2.45, 2.75) is 37.9 Å². The molecular weight excluding hydrogens is 463 g/mol. The van der Waals surface area contributed by atoms with Crippen LogP contribution >= 0.6 is 0 Å². The molecule has 0 radical (unpaired) electrons. The van der Waals surface area contributed by atoms with Gasteiger partial charge in [0.1, 0.15) is 17.5 Å². The largest absolute Gasteiger partial charge is 0.422 e. The van der Waals surface area contributed by atoms with Crippen LogP contribution in [0.4, 0.5) is 19.0 Å². The number of pyridine rings is 1. The standard InChI is InChI=1S/C23H26F3N7O2/c1-14(22(35)33-9-7-32(8-10-33)18-6-3-15(11-27)12-28-18)31(2)13-16-4-5-17-19(23(24,25)26)21(34)30-29-20(16)17/h3,6,12,14,16H,4-5,7-10,13H2,1-2H3,(H,30,34)/t14-,16+/m1/s1. The fourth-order valence-electron chi connectivity index (χ4n) is 4.78. The molecule has 0 spiro atoms. The summed E-state index contributed by atoms with van der Waals surface area (Å²) < 4.78 is 40.1. The fraction of sp³-hybridized carbons (Fsp3) is 0.522. The summed E-state index contributed by atoms with van der Waals surface area (Å²) >= 11 is 0. The number of nitrogens with one attached hydrogen (secondary N) is 1. The van der Waals surface area contributed by atoms with Gasteiger partial charge in [0.05, 0.1) is 17.3 Å². The molecule has 12 heteroatoms. The van der Waals surface area contributed by atoms with E-state index < -0.39 is 23.3 Å². The molecule has 0 bridgehead atoms. The Morgan fingerprint density at radius 1 is 1.31 bits per heavy atom. The molecule has 1 aliphatic carbocycles. The zero-order valence-electron chi connectivity index (χ0n) is 19.5. The van der Waals surface area contributed by atoms with Crippen molar-refractivity contribution >= 4 is 11.7 Å². The summed E-state index contributed by atoms with van der Waals surface area (Å²) in [6, 6.07) is 5.07. The van der Waals surface area contributed by atoms with Gasteiger partial charge in [0.25, 0.3) is 5.56 Å². The van der Waals surface area contributed by atoms with Crippen LogP contribution in [-0.4, -0.2) is 76.7 Å². The average Bonchev–Trinajstić information content (AvgIpc) is 3.24. The normalized spacial score (nSPS) is 18.9. The summed E-state index contributed by atoms with van der Waals surface area (Å²) in [5.41, 5.74) is -1.67. The molecule has 3 heterocycles. The summed E-state index contributed by atoms with van der Waals surface area (Å²) in [6.45, 7) is 4.38. The van der Waals surface area contributed by atoms with E-state index in [-0.39, 0.29) is 29.5 Å². The Morgan fingerprint density at radius 3 is 2.63 bits per heavy atom. The van der Waals surface area contributed by atoms with Gasteiger partial charge in [-0.15, -0.1) is 0 Å². The molecule has 2 aromatic heterocycles. The summed E-state index contributed by atoms with van der Waals surface area (Å²) in [6.07, 6.45) is -2.65. The minimum absolute atomic E-state index is 0.0360. The number of alkyl halides is 3. The van der Waals surface area contributed by atoms with E-state index in [0.717, 1.165) is 5.82 Å². The first-order valence-corrected chi connectivity index (χ1v) is 11.4. The summed E-state index contributed by atoms with van der Waals surface area (Å²) in [7, 11) is 1.77. The third kappa shape index (κ3) is 5.00.